The second-order valence-electron chi connectivity index (χ2n) is 17.8. The lowest BCUT2D eigenvalue weighted by atomic mass is 9.87. The van der Waals surface area contributed by atoms with Crippen LogP contribution in [0.15, 0.2) is 69.9 Å². The summed E-state index contributed by atoms with van der Waals surface area (Å²) in [6.07, 6.45) is 28.1. The van der Waals surface area contributed by atoms with Crippen LogP contribution in [0.2, 0.25) is 0 Å². The maximum Gasteiger partial charge on any atom is 0.309 e. The van der Waals surface area contributed by atoms with Crippen molar-refractivity contribution in [2.24, 2.45) is 11.8 Å². The van der Waals surface area contributed by atoms with Crippen molar-refractivity contribution in [3.63, 3.8) is 0 Å². The van der Waals surface area contributed by atoms with Crippen LogP contribution in [-0.2, 0) is 38.1 Å². The Morgan fingerprint density at radius 2 is 0.984 bits per heavy atom. The highest BCUT2D eigenvalue weighted by Crippen LogP contribution is 2.29. The standard InChI is InChI=1S/C51H82N2O8/c1-40(2)14-9-16-42(5)18-11-20-44-22-26-46(27-23-44)50(56)60-38-36-58-48(54)30-34-53(33-13-32-52(7)8)35-31-49(55)59-37-39-61-51(57)47-28-24-45(25-29-47)21-12-19-43(6)17-10-15-41(3)4/h14-15,18-19,22,24,46-47H,9-13,16-17,20-21,23,25-39H2,1-8H3/b42-18+,43-19+. The van der Waals surface area contributed by atoms with Gasteiger partial charge in [-0.3, -0.25) is 19.2 Å². The number of hydrogen-bond donors (Lipinski definition) is 0. The third kappa shape index (κ3) is 27.0. The Kier molecular flexibility index (Phi) is 28.0. The molecule has 0 aromatic rings. The normalized spacial score (nSPS) is 17.0. The summed E-state index contributed by atoms with van der Waals surface area (Å²) in [5.74, 6) is -1.51. The van der Waals surface area contributed by atoms with Crippen LogP contribution in [-0.4, -0.2) is 100 Å². The second kappa shape index (κ2) is 32.0. The first kappa shape index (κ1) is 53.4. The maximum atomic E-state index is 12.7. The average molecular weight is 851 g/mol. The zero-order chi connectivity index (χ0) is 44.8. The first-order valence-electron chi connectivity index (χ1n) is 23.2. The summed E-state index contributed by atoms with van der Waals surface area (Å²) in [6.45, 7) is 15.5. The summed E-state index contributed by atoms with van der Waals surface area (Å²) in [6, 6.07) is 0. The van der Waals surface area contributed by atoms with E-state index >= 15 is 0 Å². The molecular formula is C51H82N2O8. The first-order valence-corrected chi connectivity index (χ1v) is 23.2. The molecule has 0 aromatic heterocycles. The number of rotatable bonds is 30. The second-order valence-corrected chi connectivity index (χ2v) is 17.8. The molecule has 2 rings (SSSR count). The summed E-state index contributed by atoms with van der Waals surface area (Å²) in [7, 11) is 4.02. The summed E-state index contributed by atoms with van der Waals surface area (Å²) < 4.78 is 21.7. The molecule has 10 heteroatoms. The van der Waals surface area contributed by atoms with E-state index in [9.17, 15) is 19.2 Å². The Labute approximate surface area is 369 Å². The molecule has 0 amide bonds. The van der Waals surface area contributed by atoms with Gasteiger partial charge in [0.2, 0.25) is 0 Å². The molecule has 0 radical (unpaired) electrons. The van der Waals surface area contributed by atoms with E-state index in [1.54, 1.807) is 0 Å². The van der Waals surface area contributed by atoms with Crippen molar-refractivity contribution < 1.29 is 38.1 Å². The van der Waals surface area contributed by atoms with E-state index in [1.165, 1.54) is 33.4 Å². The van der Waals surface area contributed by atoms with Gasteiger partial charge in [-0.25, -0.2) is 0 Å². The van der Waals surface area contributed by atoms with E-state index < -0.39 is 0 Å². The quantitative estimate of drug-likeness (QED) is 0.0300. The van der Waals surface area contributed by atoms with E-state index in [2.05, 4.69) is 87.8 Å². The van der Waals surface area contributed by atoms with Crippen molar-refractivity contribution >= 4 is 23.9 Å². The van der Waals surface area contributed by atoms with Gasteiger partial charge in [-0.15, -0.1) is 0 Å². The summed E-state index contributed by atoms with van der Waals surface area (Å²) in [5, 5.41) is 0. The fourth-order valence-corrected chi connectivity index (χ4v) is 7.47. The van der Waals surface area contributed by atoms with Gasteiger partial charge in [0.1, 0.15) is 26.4 Å². The summed E-state index contributed by atoms with van der Waals surface area (Å²) >= 11 is 0. The van der Waals surface area contributed by atoms with E-state index in [0.717, 1.165) is 90.0 Å². The third-order valence-electron chi connectivity index (χ3n) is 11.3. The Morgan fingerprint density at radius 3 is 1.36 bits per heavy atom. The summed E-state index contributed by atoms with van der Waals surface area (Å²) in [4.78, 5) is 54.7. The number of carbonyl (C=O) groups is 4. The molecule has 61 heavy (non-hydrogen) atoms. The molecule has 0 aliphatic heterocycles. The molecular weight excluding hydrogens is 769 g/mol. The van der Waals surface area contributed by atoms with Crippen molar-refractivity contribution in [3.8, 4) is 0 Å². The molecule has 0 spiro atoms. The Morgan fingerprint density at radius 1 is 0.557 bits per heavy atom. The largest absolute Gasteiger partial charge is 0.462 e. The number of ether oxygens (including phenoxy) is 4. The minimum absolute atomic E-state index is 0.0167. The molecule has 344 valence electrons. The smallest absolute Gasteiger partial charge is 0.309 e. The molecule has 0 fully saturated rings. The number of nitrogens with zero attached hydrogens (tertiary/aromatic N) is 2. The maximum absolute atomic E-state index is 12.7. The molecule has 2 atom stereocenters. The van der Waals surface area contributed by atoms with Crippen molar-refractivity contribution in [2.75, 3.05) is 66.7 Å². The average Bonchev–Trinajstić information content (AvgIpc) is 3.21. The zero-order valence-corrected chi connectivity index (χ0v) is 39.5. The molecule has 0 aromatic carbocycles. The van der Waals surface area contributed by atoms with Crippen LogP contribution in [0.3, 0.4) is 0 Å². The molecule has 2 unspecified atom stereocenters. The highest BCUT2D eigenvalue weighted by atomic mass is 16.6. The molecule has 0 saturated heterocycles. The predicted octanol–water partition coefficient (Wildman–Crippen LogP) is 10.6. The van der Waals surface area contributed by atoms with Gasteiger partial charge in [0.25, 0.3) is 0 Å². The van der Waals surface area contributed by atoms with Gasteiger partial charge in [0, 0.05) is 13.1 Å². The zero-order valence-electron chi connectivity index (χ0n) is 39.5. The monoisotopic (exact) mass is 851 g/mol. The van der Waals surface area contributed by atoms with Gasteiger partial charge in [-0.2, -0.15) is 0 Å². The van der Waals surface area contributed by atoms with E-state index in [-0.39, 0.29) is 75.0 Å². The van der Waals surface area contributed by atoms with Crippen LogP contribution in [0.1, 0.15) is 151 Å². The van der Waals surface area contributed by atoms with Crippen LogP contribution >= 0.6 is 0 Å². The minimum Gasteiger partial charge on any atom is -0.462 e. The number of allylic oxidation sites excluding steroid dienone is 12. The molecule has 0 N–H and O–H groups in total. The van der Waals surface area contributed by atoms with Crippen molar-refractivity contribution in [3.05, 3.63) is 69.9 Å². The number of hydrogen-bond acceptors (Lipinski definition) is 10. The number of esters is 4. The van der Waals surface area contributed by atoms with Gasteiger partial charge >= 0.3 is 23.9 Å². The molecule has 2 aliphatic carbocycles. The van der Waals surface area contributed by atoms with E-state index in [0.29, 0.717) is 32.5 Å². The Bertz CT molecular complexity index is 1420. The Balaban J connectivity index is 1.61. The van der Waals surface area contributed by atoms with Crippen LogP contribution in [0.4, 0.5) is 0 Å². The lowest BCUT2D eigenvalue weighted by Crippen LogP contribution is -2.32. The highest BCUT2D eigenvalue weighted by Gasteiger charge is 2.24. The first-order chi connectivity index (χ1) is 29.2. The molecule has 0 heterocycles. The third-order valence-corrected chi connectivity index (χ3v) is 11.3. The predicted molar refractivity (Wildman–Crippen MR) is 247 cm³/mol. The van der Waals surface area contributed by atoms with Gasteiger partial charge in [-0.1, -0.05) is 69.9 Å². The SMILES string of the molecule is CC(C)=CCC/C(C)=C/CCC1=CCC(C(=O)OCCOC(=O)CCN(CCCN(C)C)CCC(=O)OCCOC(=O)C2CC=C(CC/C=C(\C)CCC=C(C)C)CC2)CC1. The lowest BCUT2D eigenvalue weighted by Gasteiger charge is -2.22. The van der Waals surface area contributed by atoms with E-state index in [1.807, 2.05) is 14.1 Å². The highest BCUT2D eigenvalue weighted by molar-refractivity contribution is 5.73. The number of carbonyl (C=O) groups excluding carboxylic acids is 4. The van der Waals surface area contributed by atoms with Crippen LogP contribution < -0.4 is 0 Å². The fraction of sp³-hybridized carbons (Fsp3) is 0.686. The van der Waals surface area contributed by atoms with Crippen LogP contribution in [0.5, 0.6) is 0 Å². The summed E-state index contributed by atoms with van der Waals surface area (Å²) in [5.41, 5.74) is 8.40. The molecule has 0 bridgehead atoms. The fourth-order valence-electron chi connectivity index (χ4n) is 7.47. The van der Waals surface area contributed by atoms with Crippen molar-refractivity contribution in [1.82, 2.24) is 9.80 Å². The van der Waals surface area contributed by atoms with Crippen molar-refractivity contribution in [2.45, 2.75) is 151 Å². The molecule has 10 nitrogen and oxygen atoms in total. The van der Waals surface area contributed by atoms with Gasteiger partial charge in [0.15, 0.2) is 0 Å². The van der Waals surface area contributed by atoms with Gasteiger partial charge in [0.05, 0.1) is 24.7 Å². The van der Waals surface area contributed by atoms with Crippen LogP contribution in [0, 0.1) is 11.8 Å². The van der Waals surface area contributed by atoms with Crippen LogP contribution in [0.25, 0.3) is 0 Å². The minimum atomic E-state index is -0.373. The van der Waals surface area contributed by atoms with Gasteiger partial charge < -0.3 is 28.7 Å². The van der Waals surface area contributed by atoms with Crippen molar-refractivity contribution in [1.29, 1.82) is 0 Å². The van der Waals surface area contributed by atoms with Gasteiger partial charge in [-0.05, 0) is 165 Å². The molecule has 0 saturated carbocycles. The topological polar surface area (TPSA) is 112 Å². The molecule has 2 aliphatic rings. The lowest BCUT2D eigenvalue weighted by molar-refractivity contribution is -0.155. The Hall–Kier alpha value is -3.76. The van der Waals surface area contributed by atoms with E-state index in [4.69, 9.17) is 18.9 Å².